The van der Waals surface area contributed by atoms with Crippen LogP contribution in [0.3, 0.4) is 0 Å². The first-order valence-corrected chi connectivity index (χ1v) is 13.1. The van der Waals surface area contributed by atoms with Crippen LogP contribution < -0.4 is 15.4 Å². The van der Waals surface area contributed by atoms with Crippen LogP contribution in [0.15, 0.2) is 58.4 Å². The molecule has 0 radical (unpaired) electrons. The normalized spacial score (nSPS) is 12.9. The van der Waals surface area contributed by atoms with Gasteiger partial charge in [0.15, 0.2) is 0 Å². The molecule has 0 bridgehead atoms. The van der Waals surface area contributed by atoms with Crippen LogP contribution in [0.25, 0.3) is 0 Å². The number of ether oxygens (including phenoxy) is 2. The number of rotatable bonds is 5. The summed E-state index contributed by atoms with van der Waals surface area (Å²) in [4.78, 5) is 27.6. The van der Waals surface area contributed by atoms with Gasteiger partial charge in [0.05, 0.1) is 10.5 Å². The van der Waals surface area contributed by atoms with Gasteiger partial charge in [0.1, 0.15) is 11.2 Å². The van der Waals surface area contributed by atoms with E-state index in [0.29, 0.717) is 11.6 Å². The summed E-state index contributed by atoms with van der Waals surface area (Å²) >= 11 is 0. The minimum absolute atomic E-state index is 0.0451. The third-order valence-electron chi connectivity index (χ3n) is 4.33. The summed E-state index contributed by atoms with van der Waals surface area (Å²) in [5, 5.41) is 5.08. The molecule has 0 heterocycles. The number of benzene rings is 2. The first kappa shape index (κ1) is 31.4. The largest absolute Gasteiger partial charge is 0.444 e. The Morgan fingerprint density at radius 2 is 1.51 bits per heavy atom. The topological polar surface area (TPSA) is 135 Å². The molecule has 0 spiro atoms. The minimum Gasteiger partial charge on any atom is -0.444 e. The van der Waals surface area contributed by atoms with E-state index in [-0.39, 0.29) is 18.2 Å². The fraction of sp³-hybridized carbons (Fsp3) is 0.400. The fourth-order valence-electron chi connectivity index (χ4n) is 2.87. The van der Waals surface area contributed by atoms with Gasteiger partial charge in [0.2, 0.25) is 5.96 Å². The molecule has 0 saturated heterocycles. The summed E-state index contributed by atoms with van der Waals surface area (Å²) in [7, 11) is -4.34. The molecule has 0 unspecified atom stereocenters. The van der Waals surface area contributed by atoms with E-state index in [2.05, 4.69) is 20.3 Å². The summed E-state index contributed by atoms with van der Waals surface area (Å²) in [6, 6.07) is 9.29. The standard InChI is InChI=1S/C25H31F3N4O6S/c1-23(2,3)37-21(33)30-20(31-22(34)38-24(4,5)6)29-15-16-9-7-11-18(13-16)32-39(35,36)19-12-8-10-17(14-19)25(26,27)28/h7-14,32H,15H2,1-6H3,(H2,29,30,31,33,34). The van der Waals surface area contributed by atoms with E-state index in [1.54, 1.807) is 47.6 Å². The Kier molecular flexibility index (Phi) is 9.61. The monoisotopic (exact) mass is 572 g/mol. The Labute approximate surface area is 225 Å². The van der Waals surface area contributed by atoms with Gasteiger partial charge in [-0.25, -0.2) is 18.0 Å². The number of nitrogens with one attached hydrogen (secondary N) is 3. The van der Waals surface area contributed by atoms with Crippen molar-refractivity contribution in [2.24, 2.45) is 4.99 Å². The number of sulfonamides is 1. The predicted octanol–water partition coefficient (Wildman–Crippen LogP) is 5.41. The van der Waals surface area contributed by atoms with Crippen molar-refractivity contribution in [2.75, 3.05) is 4.72 Å². The molecule has 214 valence electrons. The highest BCUT2D eigenvalue weighted by Gasteiger charge is 2.31. The number of hydrogen-bond acceptors (Lipinski definition) is 6. The number of nitrogens with zero attached hydrogens (tertiary/aromatic N) is 1. The van der Waals surface area contributed by atoms with Crippen molar-refractivity contribution in [1.29, 1.82) is 0 Å². The van der Waals surface area contributed by atoms with Crippen molar-refractivity contribution in [1.82, 2.24) is 10.6 Å². The average Bonchev–Trinajstić information content (AvgIpc) is 2.74. The van der Waals surface area contributed by atoms with Crippen molar-refractivity contribution in [3.63, 3.8) is 0 Å². The van der Waals surface area contributed by atoms with Crippen molar-refractivity contribution in [3.05, 3.63) is 59.7 Å². The lowest BCUT2D eigenvalue weighted by molar-refractivity contribution is -0.137. The molecule has 10 nitrogen and oxygen atoms in total. The lowest BCUT2D eigenvalue weighted by Crippen LogP contribution is -2.44. The van der Waals surface area contributed by atoms with E-state index < -0.39 is 50.0 Å². The molecule has 0 aliphatic heterocycles. The maximum Gasteiger partial charge on any atom is 0.437 e. The van der Waals surface area contributed by atoms with Gasteiger partial charge in [-0.3, -0.25) is 10.0 Å². The fourth-order valence-corrected chi connectivity index (χ4v) is 3.97. The van der Waals surface area contributed by atoms with E-state index in [9.17, 15) is 31.2 Å². The molecule has 0 aliphatic carbocycles. The van der Waals surface area contributed by atoms with Gasteiger partial charge in [-0.2, -0.15) is 13.2 Å². The lowest BCUT2D eigenvalue weighted by Gasteiger charge is -2.21. The predicted molar refractivity (Wildman–Crippen MR) is 139 cm³/mol. The summed E-state index contributed by atoms with van der Waals surface area (Å²) in [5.41, 5.74) is -2.23. The number of carbonyl (C=O) groups excluding carboxylic acids is 2. The zero-order chi connectivity index (χ0) is 29.6. The lowest BCUT2D eigenvalue weighted by atomic mass is 10.2. The Bertz CT molecular complexity index is 1330. The zero-order valence-corrected chi connectivity index (χ0v) is 23.1. The summed E-state index contributed by atoms with van der Waals surface area (Å²) < 4.78 is 77.0. The van der Waals surface area contributed by atoms with Gasteiger partial charge < -0.3 is 14.8 Å². The van der Waals surface area contributed by atoms with E-state index >= 15 is 0 Å². The average molecular weight is 573 g/mol. The molecule has 0 aromatic heterocycles. The number of aliphatic imine (C=N–C) groups is 1. The molecule has 3 N–H and O–H groups in total. The molecule has 0 saturated carbocycles. The SMILES string of the molecule is CC(C)(C)OC(=O)/N=C(\NCc1cccc(NS(=O)(=O)c2cccc(C(F)(F)F)c2)c1)NC(=O)OC(C)(C)C. The van der Waals surface area contributed by atoms with Gasteiger partial charge in [0.25, 0.3) is 10.0 Å². The maximum atomic E-state index is 13.0. The number of halogens is 3. The molecule has 14 heteroatoms. The first-order chi connectivity index (χ1) is 17.7. The Morgan fingerprint density at radius 1 is 0.897 bits per heavy atom. The second kappa shape index (κ2) is 11.9. The highest BCUT2D eigenvalue weighted by molar-refractivity contribution is 7.92. The molecule has 39 heavy (non-hydrogen) atoms. The Balaban J connectivity index is 2.21. The highest BCUT2D eigenvalue weighted by atomic mass is 32.2. The third-order valence-corrected chi connectivity index (χ3v) is 5.71. The highest BCUT2D eigenvalue weighted by Crippen LogP contribution is 2.31. The van der Waals surface area contributed by atoms with E-state index in [1.165, 1.54) is 18.2 Å². The second-order valence-corrected chi connectivity index (χ2v) is 11.9. The van der Waals surface area contributed by atoms with Crippen LogP contribution in [0.2, 0.25) is 0 Å². The van der Waals surface area contributed by atoms with Gasteiger partial charge in [-0.05, 0) is 77.4 Å². The van der Waals surface area contributed by atoms with Gasteiger partial charge >= 0.3 is 18.4 Å². The van der Waals surface area contributed by atoms with Crippen LogP contribution >= 0.6 is 0 Å². The van der Waals surface area contributed by atoms with Crippen molar-refractivity contribution >= 4 is 33.9 Å². The van der Waals surface area contributed by atoms with E-state index in [0.717, 1.165) is 18.2 Å². The quantitative estimate of drug-likeness (QED) is 0.322. The van der Waals surface area contributed by atoms with Crippen molar-refractivity contribution in [2.45, 2.75) is 70.4 Å². The number of alkyl halides is 3. The van der Waals surface area contributed by atoms with Crippen molar-refractivity contribution in [3.8, 4) is 0 Å². The van der Waals surface area contributed by atoms with Crippen LogP contribution in [-0.4, -0.2) is 37.8 Å². The third kappa shape index (κ3) is 11.2. The Hall–Kier alpha value is -3.81. The van der Waals surface area contributed by atoms with Crippen LogP contribution in [-0.2, 0) is 32.2 Å². The molecule has 2 rings (SSSR count). The maximum absolute atomic E-state index is 13.0. The van der Waals surface area contributed by atoms with Gasteiger partial charge in [0, 0.05) is 12.2 Å². The molecule has 2 aromatic rings. The first-order valence-electron chi connectivity index (χ1n) is 11.6. The zero-order valence-electron chi connectivity index (χ0n) is 22.3. The number of alkyl carbamates (subject to hydrolysis) is 1. The van der Waals surface area contributed by atoms with Crippen molar-refractivity contribution < 1.29 is 40.7 Å². The van der Waals surface area contributed by atoms with Gasteiger partial charge in [-0.1, -0.05) is 18.2 Å². The Morgan fingerprint density at radius 3 is 2.10 bits per heavy atom. The molecule has 0 aliphatic rings. The van der Waals surface area contributed by atoms with E-state index in [1.807, 2.05) is 0 Å². The van der Waals surface area contributed by atoms with Crippen LogP contribution in [0.5, 0.6) is 0 Å². The number of hydrogen-bond donors (Lipinski definition) is 3. The van der Waals surface area contributed by atoms with Crippen LogP contribution in [0.4, 0.5) is 28.4 Å². The molecule has 2 aromatic carbocycles. The summed E-state index contributed by atoms with van der Waals surface area (Å²) in [5.74, 6) is -0.284. The summed E-state index contributed by atoms with van der Waals surface area (Å²) in [6.45, 7) is 9.82. The number of amides is 2. The molecule has 0 fully saturated rings. The number of carbonyl (C=O) groups is 2. The van der Waals surface area contributed by atoms with Crippen LogP contribution in [0.1, 0.15) is 52.7 Å². The smallest absolute Gasteiger partial charge is 0.437 e. The molecular formula is C25H31F3N4O6S. The van der Waals surface area contributed by atoms with E-state index in [4.69, 9.17) is 9.47 Å². The second-order valence-electron chi connectivity index (χ2n) is 10.3. The minimum atomic E-state index is -4.71. The number of guanidine groups is 1. The molecule has 2 amide bonds. The molecule has 0 atom stereocenters. The summed E-state index contributed by atoms with van der Waals surface area (Å²) in [6.07, 6.45) is -6.58. The number of anilines is 1. The van der Waals surface area contributed by atoms with Gasteiger partial charge in [-0.15, -0.1) is 4.99 Å². The molecular weight excluding hydrogens is 541 g/mol. The van der Waals surface area contributed by atoms with Crippen LogP contribution in [0, 0.1) is 0 Å².